The van der Waals surface area contributed by atoms with Crippen LogP contribution in [0, 0.1) is 5.92 Å². The molecule has 1 saturated heterocycles. The van der Waals surface area contributed by atoms with Crippen LogP contribution >= 0.6 is 0 Å². The molecule has 4 aromatic rings. The predicted molar refractivity (Wildman–Crippen MR) is 175 cm³/mol. The van der Waals surface area contributed by atoms with E-state index in [1.165, 1.54) is 10.8 Å². The molecule has 3 N–H and O–H groups in total. The van der Waals surface area contributed by atoms with Gasteiger partial charge in [-0.2, -0.15) is 0 Å². The summed E-state index contributed by atoms with van der Waals surface area (Å²) in [6, 6.07) is 30.9. The van der Waals surface area contributed by atoms with Crippen molar-refractivity contribution in [1.82, 2.24) is 5.32 Å². The van der Waals surface area contributed by atoms with Crippen molar-refractivity contribution in [3.8, 4) is 11.5 Å². The van der Waals surface area contributed by atoms with Crippen molar-refractivity contribution in [2.24, 2.45) is 5.92 Å². The Morgan fingerprint density at radius 3 is 2.47 bits per heavy atom. The first kappa shape index (κ1) is 32.9. The number of nitrogens with one attached hydrogen (secondary N) is 1. The summed E-state index contributed by atoms with van der Waals surface area (Å²) in [6.07, 6.45) is -0.189. The normalized spacial score (nSPS) is 19.0. The summed E-state index contributed by atoms with van der Waals surface area (Å²) in [4.78, 5) is 0. The third-order valence-electron chi connectivity index (χ3n) is 8.21. The van der Waals surface area contributed by atoms with Gasteiger partial charge in [0.2, 0.25) is 0 Å². The maximum atomic E-state index is 9.79. The molecular formula is C37H45NO7. The Morgan fingerprint density at radius 2 is 1.64 bits per heavy atom. The maximum absolute atomic E-state index is 9.79. The van der Waals surface area contributed by atoms with Gasteiger partial charge in [0.1, 0.15) is 17.6 Å². The minimum atomic E-state index is -0.886. The third-order valence-corrected chi connectivity index (χ3v) is 8.21. The zero-order valence-electron chi connectivity index (χ0n) is 26.0. The summed E-state index contributed by atoms with van der Waals surface area (Å²) < 4.78 is 29.7. The molecule has 0 saturated carbocycles. The Hall–Kier alpha value is -3.50. The SMILES string of the molecule is COc1ccccc1COCCCOc1ccc([C@H]2[C@H](COCC(O)CO)CNC[C@@H]2OCc2ccc3ccccc3c2)cc1. The van der Waals surface area contributed by atoms with Gasteiger partial charge in [-0.3, -0.25) is 0 Å². The molecule has 1 heterocycles. The Kier molecular flexibility index (Phi) is 12.6. The first-order valence-electron chi connectivity index (χ1n) is 15.7. The molecule has 1 aliphatic heterocycles. The van der Waals surface area contributed by atoms with Crippen molar-refractivity contribution in [1.29, 1.82) is 0 Å². The lowest BCUT2D eigenvalue weighted by Crippen LogP contribution is -2.48. The summed E-state index contributed by atoms with van der Waals surface area (Å²) in [7, 11) is 1.67. The average molecular weight is 616 g/mol. The van der Waals surface area contributed by atoms with Gasteiger partial charge >= 0.3 is 0 Å². The van der Waals surface area contributed by atoms with Crippen LogP contribution in [0.25, 0.3) is 10.8 Å². The molecule has 0 aliphatic carbocycles. The Labute approximate surface area is 265 Å². The minimum Gasteiger partial charge on any atom is -0.496 e. The number of para-hydroxylation sites is 1. The number of aliphatic hydroxyl groups excluding tert-OH is 2. The molecule has 1 aliphatic rings. The van der Waals surface area contributed by atoms with E-state index in [1.807, 2.05) is 42.5 Å². The first-order valence-corrected chi connectivity index (χ1v) is 15.7. The molecule has 8 heteroatoms. The lowest BCUT2D eigenvalue weighted by atomic mass is 9.79. The largest absolute Gasteiger partial charge is 0.496 e. The molecular weight excluding hydrogens is 570 g/mol. The van der Waals surface area contributed by atoms with Crippen LogP contribution < -0.4 is 14.8 Å². The summed E-state index contributed by atoms with van der Waals surface area (Å²) in [6.45, 7) is 3.86. The second-order valence-electron chi connectivity index (χ2n) is 11.5. The number of hydrogen-bond donors (Lipinski definition) is 3. The van der Waals surface area contributed by atoms with Gasteiger partial charge in [-0.1, -0.05) is 66.7 Å². The van der Waals surface area contributed by atoms with Gasteiger partial charge in [0.25, 0.3) is 0 Å². The fraction of sp³-hybridized carbons (Fsp3) is 0.405. The number of methoxy groups -OCH3 is 1. The molecule has 0 spiro atoms. The molecule has 4 aromatic carbocycles. The standard InChI is InChI=1S/C37H45NO7/c1-41-35-10-5-4-9-31(35)24-42-17-6-18-44-34-15-13-29(14-16-34)37-32(25-43-26-33(40)22-39)20-38-21-36(37)45-23-27-11-12-28-7-2-3-8-30(28)19-27/h2-5,7-16,19,32-33,36-40H,6,17-18,20-26H2,1H3/t32-,33?,36-,37-/m0/s1. The van der Waals surface area contributed by atoms with Crippen LogP contribution in [0.2, 0.25) is 0 Å². The van der Waals surface area contributed by atoms with Crippen molar-refractivity contribution in [3.63, 3.8) is 0 Å². The number of aliphatic hydroxyl groups is 2. The first-order chi connectivity index (χ1) is 22.1. The molecule has 45 heavy (non-hydrogen) atoms. The number of rotatable bonds is 17. The van der Waals surface area contributed by atoms with E-state index in [0.717, 1.165) is 47.7 Å². The van der Waals surface area contributed by atoms with Gasteiger partial charge in [0.05, 0.1) is 59.5 Å². The van der Waals surface area contributed by atoms with E-state index in [-0.39, 0.29) is 31.2 Å². The highest BCUT2D eigenvalue weighted by atomic mass is 16.5. The zero-order valence-corrected chi connectivity index (χ0v) is 26.0. The Balaban J connectivity index is 1.17. The fourth-order valence-electron chi connectivity index (χ4n) is 5.86. The van der Waals surface area contributed by atoms with Crippen LogP contribution in [0.3, 0.4) is 0 Å². The van der Waals surface area contributed by atoms with Crippen LogP contribution in [0.5, 0.6) is 11.5 Å². The van der Waals surface area contributed by atoms with Gasteiger partial charge in [0, 0.05) is 36.9 Å². The van der Waals surface area contributed by atoms with Crippen molar-refractivity contribution in [2.45, 2.75) is 37.8 Å². The lowest BCUT2D eigenvalue weighted by molar-refractivity contribution is -0.0416. The van der Waals surface area contributed by atoms with Crippen molar-refractivity contribution >= 4 is 10.8 Å². The van der Waals surface area contributed by atoms with E-state index in [4.69, 9.17) is 23.7 Å². The Morgan fingerprint density at radius 1 is 0.844 bits per heavy atom. The number of piperidine rings is 1. The van der Waals surface area contributed by atoms with E-state index in [2.05, 4.69) is 53.8 Å². The molecule has 240 valence electrons. The Bertz CT molecular complexity index is 1450. The molecule has 1 unspecified atom stereocenters. The summed E-state index contributed by atoms with van der Waals surface area (Å²) >= 11 is 0. The third kappa shape index (κ3) is 9.50. The van der Waals surface area contributed by atoms with Crippen LogP contribution in [0.4, 0.5) is 0 Å². The van der Waals surface area contributed by atoms with Gasteiger partial charge in [-0.05, 0) is 46.2 Å². The van der Waals surface area contributed by atoms with Crippen LogP contribution in [-0.4, -0.2) is 75.7 Å². The molecule has 8 nitrogen and oxygen atoms in total. The molecule has 0 bridgehead atoms. The lowest BCUT2D eigenvalue weighted by Gasteiger charge is -2.39. The predicted octanol–water partition coefficient (Wildman–Crippen LogP) is 5.09. The zero-order chi connectivity index (χ0) is 31.3. The average Bonchev–Trinajstić information content (AvgIpc) is 3.09. The van der Waals surface area contributed by atoms with Gasteiger partial charge < -0.3 is 39.2 Å². The van der Waals surface area contributed by atoms with Gasteiger partial charge in [0.15, 0.2) is 0 Å². The second kappa shape index (κ2) is 17.3. The van der Waals surface area contributed by atoms with E-state index in [9.17, 15) is 10.2 Å². The summed E-state index contributed by atoms with van der Waals surface area (Å²) in [5.74, 6) is 1.85. The maximum Gasteiger partial charge on any atom is 0.124 e. The summed E-state index contributed by atoms with van der Waals surface area (Å²) in [5.41, 5.74) is 3.32. The highest BCUT2D eigenvalue weighted by Crippen LogP contribution is 2.34. The quantitative estimate of drug-likeness (QED) is 0.141. The summed E-state index contributed by atoms with van der Waals surface area (Å²) in [5, 5.41) is 24.9. The molecule has 0 aromatic heterocycles. The molecule has 4 atom stereocenters. The molecule has 5 rings (SSSR count). The molecule has 0 amide bonds. The number of hydrogen-bond acceptors (Lipinski definition) is 8. The van der Waals surface area contributed by atoms with Crippen molar-refractivity contribution < 1.29 is 33.9 Å². The number of ether oxygens (including phenoxy) is 5. The second-order valence-corrected chi connectivity index (χ2v) is 11.5. The van der Waals surface area contributed by atoms with Crippen molar-refractivity contribution in [3.05, 3.63) is 108 Å². The minimum absolute atomic E-state index is 0.0752. The van der Waals surface area contributed by atoms with Crippen LogP contribution in [0.15, 0.2) is 91.0 Å². The van der Waals surface area contributed by atoms with Crippen LogP contribution in [0.1, 0.15) is 29.0 Å². The number of fused-ring (bicyclic) bond motifs is 1. The van der Waals surface area contributed by atoms with E-state index in [1.54, 1.807) is 7.11 Å². The fourth-order valence-corrected chi connectivity index (χ4v) is 5.86. The monoisotopic (exact) mass is 615 g/mol. The smallest absolute Gasteiger partial charge is 0.124 e. The van der Waals surface area contributed by atoms with E-state index in [0.29, 0.717) is 33.0 Å². The van der Waals surface area contributed by atoms with E-state index < -0.39 is 6.10 Å². The van der Waals surface area contributed by atoms with Gasteiger partial charge in [-0.25, -0.2) is 0 Å². The van der Waals surface area contributed by atoms with Crippen LogP contribution in [-0.2, 0) is 27.4 Å². The highest BCUT2D eigenvalue weighted by molar-refractivity contribution is 5.82. The number of benzene rings is 4. The molecule has 0 radical (unpaired) electrons. The van der Waals surface area contributed by atoms with E-state index >= 15 is 0 Å². The highest BCUT2D eigenvalue weighted by Gasteiger charge is 2.35. The van der Waals surface area contributed by atoms with Gasteiger partial charge in [-0.15, -0.1) is 0 Å². The molecule has 1 fully saturated rings. The topological polar surface area (TPSA) is 98.6 Å². The van der Waals surface area contributed by atoms with Crippen molar-refractivity contribution in [2.75, 3.05) is 53.2 Å².